The number of nitrogens with zero attached hydrogens (tertiary/aromatic N) is 6. The Bertz CT molecular complexity index is 712. The largest absolute Gasteiger partial charge is 0.355 e. The standard InChI is InChI=1S/C24H38N6O/c31-24(30-18-10-21(11-19-30)27-12-2-1-3-13-27)20-8-16-29(17-9-20)23-7-6-22(25-26-23)28-14-4-5-15-28/h6-7,20-21H,1-5,8-19H2. The minimum absolute atomic E-state index is 0.180. The lowest BCUT2D eigenvalue weighted by Gasteiger charge is -2.41. The fraction of sp³-hybridized carbons (Fsp3) is 0.792. The van der Waals surface area contributed by atoms with E-state index < -0.39 is 0 Å². The van der Waals surface area contributed by atoms with Crippen molar-refractivity contribution in [3.63, 3.8) is 0 Å². The molecule has 31 heavy (non-hydrogen) atoms. The summed E-state index contributed by atoms with van der Waals surface area (Å²) < 4.78 is 0. The van der Waals surface area contributed by atoms with Crippen LogP contribution in [0.5, 0.6) is 0 Å². The van der Waals surface area contributed by atoms with Crippen LogP contribution >= 0.6 is 0 Å². The van der Waals surface area contributed by atoms with Gasteiger partial charge in [-0.25, -0.2) is 0 Å². The topological polar surface area (TPSA) is 55.8 Å². The van der Waals surface area contributed by atoms with Gasteiger partial charge < -0.3 is 19.6 Å². The number of carbonyl (C=O) groups excluding carboxylic acids is 1. The van der Waals surface area contributed by atoms with E-state index in [0.29, 0.717) is 11.9 Å². The second-order valence-electron chi connectivity index (χ2n) is 9.86. The summed E-state index contributed by atoms with van der Waals surface area (Å²) in [5.74, 6) is 2.53. The van der Waals surface area contributed by atoms with E-state index in [1.54, 1.807) is 0 Å². The fourth-order valence-corrected chi connectivity index (χ4v) is 5.95. The van der Waals surface area contributed by atoms with Crippen LogP contribution in [-0.4, -0.2) is 84.3 Å². The molecule has 4 aliphatic heterocycles. The first kappa shape index (κ1) is 21.0. The molecular weight excluding hydrogens is 388 g/mol. The van der Waals surface area contributed by atoms with Crippen molar-refractivity contribution in [2.24, 2.45) is 5.92 Å². The summed E-state index contributed by atoms with van der Waals surface area (Å²) in [5.41, 5.74) is 0. The van der Waals surface area contributed by atoms with Crippen LogP contribution in [0.1, 0.15) is 57.8 Å². The zero-order valence-corrected chi connectivity index (χ0v) is 18.9. The molecule has 0 unspecified atom stereocenters. The molecule has 0 bridgehead atoms. The number of rotatable bonds is 4. The maximum atomic E-state index is 13.1. The number of hydrogen-bond acceptors (Lipinski definition) is 6. The Morgan fingerprint density at radius 1 is 0.677 bits per heavy atom. The molecule has 7 nitrogen and oxygen atoms in total. The lowest BCUT2D eigenvalue weighted by Crippen LogP contribution is -2.50. The fourth-order valence-electron chi connectivity index (χ4n) is 5.95. The lowest BCUT2D eigenvalue weighted by molar-refractivity contribution is -0.137. The molecule has 0 spiro atoms. The third kappa shape index (κ3) is 4.81. The van der Waals surface area contributed by atoms with Gasteiger partial charge in [0.05, 0.1) is 0 Å². The molecule has 0 aliphatic carbocycles. The van der Waals surface area contributed by atoms with Crippen molar-refractivity contribution in [1.82, 2.24) is 20.0 Å². The van der Waals surface area contributed by atoms with Gasteiger partial charge in [0.2, 0.25) is 5.91 Å². The summed E-state index contributed by atoms with van der Waals surface area (Å²) in [6.45, 7) is 8.41. The smallest absolute Gasteiger partial charge is 0.225 e. The van der Waals surface area contributed by atoms with Crippen molar-refractivity contribution in [2.45, 2.75) is 63.8 Å². The van der Waals surface area contributed by atoms with Gasteiger partial charge in [-0.1, -0.05) is 6.42 Å². The maximum Gasteiger partial charge on any atom is 0.225 e. The molecule has 0 aromatic carbocycles. The SMILES string of the molecule is O=C(C1CCN(c2ccc(N3CCCC3)nn2)CC1)N1CCC(N2CCCCC2)CC1. The minimum Gasteiger partial charge on any atom is -0.355 e. The Hall–Kier alpha value is -1.89. The molecule has 0 N–H and O–H groups in total. The van der Waals surface area contributed by atoms with Crippen LogP contribution in [0.15, 0.2) is 12.1 Å². The van der Waals surface area contributed by atoms with E-state index in [1.165, 1.54) is 45.2 Å². The predicted octanol–water partition coefficient (Wildman–Crippen LogP) is 2.77. The molecule has 0 saturated carbocycles. The van der Waals surface area contributed by atoms with Crippen LogP contribution in [-0.2, 0) is 4.79 Å². The highest BCUT2D eigenvalue weighted by Crippen LogP contribution is 2.27. The van der Waals surface area contributed by atoms with Gasteiger partial charge in [0, 0.05) is 51.2 Å². The second-order valence-corrected chi connectivity index (χ2v) is 9.86. The van der Waals surface area contributed by atoms with Crippen LogP contribution in [0.4, 0.5) is 11.6 Å². The van der Waals surface area contributed by atoms with E-state index >= 15 is 0 Å². The van der Waals surface area contributed by atoms with Crippen molar-refractivity contribution in [2.75, 3.05) is 62.2 Å². The third-order valence-corrected chi connectivity index (χ3v) is 7.92. The Labute approximate surface area is 186 Å². The van der Waals surface area contributed by atoms with E-state index in [9.17, 15) is 4.79 Å². The van der Waals surface area contributed by atoms with E-state index in [0.717, 1.165) is 76.6 Å². The average Bonchev–Trinajstić information content (AvgIpc) is 3.40. The highest BCUT2D eigenvalue weighted by Gasteiger charge is 2.33. The maximum absolute atomic E-state index is 13.1. The molecular formula is C24H38N6O. The van der Waals surface area contributed by atoms with Gasteiger partial charge in [-0.3, -0.25) is 4.79 Å². The molecule has 1 aromatic rings. The number of anilines is 2. The van der Waals surface area contributed by atoms with Gasteiger partial charge in [0.15, 0.2) is 11.6 Å². The highest BCUT2D eigenvalue weighted by atomic mass is 16.2. The minimum atomic E-state index is 0.180. The molecule has 170 valence electrons. The first-order valence-corrected chi connectivity index (χ1v) is 12.6. The molecule has 0 atom stereocenters. The van der Waals surface area contributed by atoms with Crippen molar-refractivity contribution in [1.29, 1.82) is 0 Å². The van der Waals surface area contributed by atoms with Gasteiger partial charge in [0.25, 0.3) is 0 Å². The van der Waals surface area contributed by atoms with E-state index in [1.807, 2.05) is 0 Å². The molecule has 4 aliphatic rings. The summed E-state index contributed by atoms with van der Waals surface area (Å²) in [6, 6.07) is 4.92. The molecule has 4 fully saturated rings. The quantitative estimate of drug-likeness (QED) is 0.738. The van der Waals surface area contributed by atoms with Crippen LogP contribution in [0.2, 0.25) is 0 Å². The van der Waals surface area contributed by atoms with Crippen LogP contribution < -0.4 is 9.80 Å². The zero-order valence-electron chi connectivity index (χ0n) is 18.9. The van der Waals surface area contributed by atoms with Crippen molar-refractivity contribution < 1.29 is 4.79 Å². The summed E-state index contributed by atoms with van der Waals surface area (Å²) in [4.78, 5) is 22.6. The number of hydrogen-bond donors (Lipinski definition) is 0. The van der Waals surface area contributed by atoms with Crippen molar-refractivity contribution in [3.05, 3.63) is 12.1 Å². The molecule has 7 heteroatoms. The predicted molar refractivity (Wildman–Crippen MR) is 123 cm³/mol. The first-order valence-electron chi connectivity index (χ1n) is 12.6. The summed E-state index contributed by atoms with van der Waals surface area (Å²) in [5, 5.41) is 8.96. The average molecular weight is 427 g/mol. The number of piperidine rings is 3. The summed E-state index contributed by atoms with van der Waals surface area (Å²) in [7, 11) is 0. The molecule has 1 aromatic heterocycles. The summed E-state index contributed by atoms with van der Waals surface area (Å²) in [6.07, 6.45) is 10.8. The molecule has 5 rings (SSSR count). The normalized spacial score (nSPS) is 24.7. The molecule has 1 amide bonds. The van der Waals surface area contributed by atoms with Crippen molar-refractivity contribution >= 4 is 17.5 Å². The number of aromatic nitrogens is 2. The van der Waals surface area contributed by atoms with E-state index in [2.05, 4.69) is 41.9 Å². The number of carbonyl (C=O) groups is 1. The van der Waals surface area contributed by atoms with Gasteiger partial charge >= 0.3 is 0 Å². The van der Waals surface area contributed by atoms with Gasteiger partial charge in [-0.15, -0.1) is 10.2 Å². The molecule has 4 saturated heterocycles. The van der Waals surface area contributed by atoms with Crippen LogP contribution in [0, 0.1) is 5.92 Å². The van der Waals surface area contributed by atoms with E-state index in [-0.39, 0.29) is 5.92 Å². The Kier molecular flexibility index (Phi) is 6.58. The molecule has 5 heterocycles. The van der Waals surface area contributed by atoms with Crippen LogP contribution in [0.25, 0.3) is 0 Å². The van der Waals surface area contributed by atoms with Gasteiger partial charge in [-0.2, -0.15) is 0 Å². The Morgan fingerprint density at radius 3 is 1.81 bits per heavy atom. The summed E-state index contributed by atoms with van der Waals surface area (Å²) >= 11 is 0. The highest BCUT2D eigenvalue weighted by molar-refractivity contribution is 5.79. The van der Waals surface area contributed by atoms with Crippen LogP contribution in [0.3, 0.4) is 0 Å². The Morgan fingerprint density at radius 2 is 1.23 bits per heavy atom. The van der Waals surface area contributed by atoms with Crippen molar-refractivity contribution in [3.8, 4) is 0 Å². The Balaban J connectivity index is 1.08. The number of amides is 1. The first-order chi connectivity index (χ1) is 15.3. The van der Waals surface area contributed by atoms with E-state index in [4.69, 9.17) is 0 Å². The lowest BCUT2D eigenvalue weighted by atomic mass is 9.93. The number of likely N-dealkylation sites (tertiary alicyclic amines) is 2. The zero-order chi connectivity index (χ0) is 21.0. The second kappa shape index (κ2) is 9.72. The van der Waals surface area contributed by atoms with Gasteiger partial charge in [-0.05, 0) is 76.6 Å². The third-order valence-electron chi connectivity index (χ3n) is 7.92. The van der Waals surface area contributed by atoms with Gasteiger partial charge in [0.1, 0.15) is 0 Å². The monoisotopic (exact) mass is 426 g/mol. The molecule has 0 radical (unpaired) electrons.